The molecule has 1 aromatic heterocycles. The van der Waals surface area contributed by atoms with Gasteiger partial charge >= 0.3 is 0 Å². The molecule has 1 fully saturated rings. The van der Waals surface area contributed by atoms with Crippen LogP contribution in [0.25, 0.3) is 0 Å². The second-order valence-electron chi connectivity index (χ2n) is 5.92. The largest absolute Gasteiger partial charge is 0.267 e. The van der Waals surface area contributed by atoms with Gasteiger partial charge in [0.1, 0.15) is 17.2 Å². The standard InChI is InChI=1S/C14H11ClF3N3O2S/c15-6-1-2-8(16)7(3-6)11-4-10(18)13-19-14(20-21(11)13)24(22,23)12-5-9(12)17/h1-3,9-12H,4-5H2/t9-,10+,11+,12-/m1/s1. The lowest BCUT2D eigenvalue weighted by Crippen LogP contribution is -2.14. The van der Waals surface area contributed by atoms with Gasteiger partial charge in [-0.05, 0) is 24.6 Å². The van der Waals surface area contributed by atoms with Gasteiger partial charge in [-0.25, -0.2) is 26.3 Å². The van der Waals surface area contributed by atoms with Crippen LogP contribution in [0.15, 0.2) is 23.4 Å². The van der Waals surface area contributed by atoms with Crippen molar-refractivity contribution in [2.24, 2.45) is 0 Å². The maximum absolute atomic E-state index is 14.2. The van der Waals surface area contributed by atoms with Gasteiger partial charge in [-0.3, -0.25) is 0 Å². The molecule has 4 atom stereocenters. The Morgan fingerprint density at radius 3 is 2.62 bits per heavy atom. The van der Waals surface area contributed by atoms with Gasteiger partial charge in [0.25, 0.3) is 5.16 Å². The Bertz CT molecular complexity index is 933. The third-order valence-electron chi connectivity index (χ3n) is 4.27. The van der Waals surface area contributed by atoms with Gasteiger partial charge in [-0.15, -0.1) is 5.10 Å². The lowest BCUT2D eigenvalue weighted by molar-refractivity contribution is 0.325. The molecule has 2 heterocycles. The Kier molecular flexibility index (Phi) is 3.44. The van der Waals surface area contributed by atoms with Crippen molar-refractivity contribution < 1.29 is 21.6 Å². The van der Waals surface area contributed by atoms with Gasteiger partial charge in [-0.1, -0.05) is 11.6 Å². The quantitative estimate of drug-likeness (QED) is 0.825. The zero-order chi connectivity index (χ0) is 17.2. The van der Waals surface area contributed by atoms with E-state index in [2.05, 4.69) is 10.1 Å². The van der Waals surface area contributed by atoms with E-state index in [4.69, 9.17) is 11.6 Å². The van der Waals surface area contributed by atoms with Crippen LogP contribution < -0.4 is 0 Å². The predicted molar refractivity (Wildman–Crippen MR) is 78.5 cm³/mol. The van der Waals surface area contributed by atoms with Gasteiger partial charge in [0.05, 0.1) is 6.04 Å². The monoisotopic (exact) mass is 377 g/mol. The van der Waals surface area contributed by atoms with E-state index in [1.54, 1.807) is 0 Å². The first-order valence-corrected chi connectivity index (χ1v) is 9.15. The normalized spacial score (nSPS) is 28.8. The number of fused-ring (bicyclic) bond motifs is 1. The zero-order valence-electron chi connectivity index (χ0n) is 12.0. The molecule has 1 aliphatic heterocycles. The molecule has 2 aliphatic rings. The van der Waals surface area contributed by atoms with Crippen molar-refractivity contribution in [1.82, 2.24) is 14.8 Å². The fraction of sp³-hybridized carbons (Fsp3) is 0.429. The molecular weight excluding hydrogens is 367 g/mol. The summed E-state index contributed by atoms with van der Waals surface area (Å²) in [5, 5.41) is 2.31. The molecule has 1 aliphatic carbocycles. The van der Waals surface area contributed by atoms with Crippen molar-refractivity contribution in [2.75, 3.05) is 0 Å². The minimum absolute atomic E-state index is 0.104. The summed E-state index contributed by atoms with van der Waals surface area (Å²) in [5.41, 5.74) is 0.104. The zero-order valence-corrected chi connectivity index (χ0v) is 13.6. The summed E-state index contributed by atoms with van der Waals surface area (Å²) in [7, 11) is -4.04. The van der Waals surface area contributed by atoms with Crippen molar-refractivity contribution in [3.63, 3.8) is 0 Å². The molecule has 5 nitrogen and oxygen atoms in total. The topological polar surface area (TPSA) is 64.8 Å². The third kappa shape index (κ3) is 2.33. The average molecular weight is 378 g/mol. The molecule has 0 N–H and O–H groups in total. The highest BCUT2D eigenvalue weighted by atomic mass is 35.5. The molecule has 24 heavy (non-hydrogen) atoms. The number of nitrogens with zero attached hydrogens (tertiary/aromatic N) is 3. The number of sulfone groups is 1. The number of benzene rings is 1. The van der Waals surface area contributed by atoms with Crippen LogP contribution in [-0.4, -0.2) is 34.6 Å². The first-order valence-electron chi connectivity index (χ1n) is 7.22. The molecule has 1 saturated carbocycles. The third-order valence-corrected chi connectivity index (χ3v) is 6.47. The number of hydrogen-bond acceptors (Lipinski definition) is 4. The molecule has 0 radical (unpaired) electrons. The minimum Gasteiger partial charge on any atom is -0.246 e. The number of hydrogen-bond donors (Lipinski definition) is 0. The summed E-state index contributed by atoms with van der Waals surface area (Å²) in [6.07, 6.45) is -3.28. The maximum atomic E-state index is 14.2. The van der Waals surface area contributed by atoms with E-state index in [1.807, 2.05) is 0 Å². The Labute approximate surface area is 140 Å². The molecule has 2 aromatic rings. The van der Waals surface area contributed by atoms with Gasteiger partial charge < -0.3 is 0 Å². The Balaban J connectivity index is 1.78. The van der Waals surface area contributed by atoms with Gasteiger partial charge in [-0.2, -0.15) is 4.98 Å². The summed E-state index contributed by atoms with van der Waals surface area (Å²) >= 11 is 5.86. The summed E-state index contributed by atoms with van der Waals surface area (Å²) in [4.78, 5) is 3.73. The van der Waals surface area contributed by atoms with Gasteiger partial charge in [0.15, 0.2) is 12.0 Å². The van der Waals surface area contributed by atoms with Crippen molar-refractivity contribution in [3.8, 4) is 0 Å². The molecule has 0 unspecified atom stereocenters. The number of aromatic nitrogens is 3. The summed E-state index contributed by atoms with van der Waals surface area (Å²) in [5.74, 6) is -0.801. The highest BCUT2D eigenvalue weighted by Crippen LogP contribution is 2.42. The van der Waals surface area contributed by atoms with E-state index < -0.39 is 44.4 Å². The van der Waals surface area contributed by atoms with E-state index >= 15 is 0 Å². The second-order valence-corrected chi connectivity index (χ2v) is 8.41. The van der Waals surface area contributed by atoms with Crippen LogP contribution in [0.5, 0.6) is 0 Å². The highest BCUT2D eigenvalue weighted by Gasteiger charge is 2.51. The molecule has 1 aromatic carbocycles. The summed E-state index contributed by atoms with van der Waals surface area (Å²) < 4.78 is 66.8. The maximum Gasteiger partial charge on any atom is 0.267 e. The van der Waals surface area contributed by atoms with E-state index in [9.17, 15) is 21.6 Å². The number of rotatable bonds is 3. The number of alkyl halides is 2. The fourth-order valence-corrected chi connectivity index (χ4v) is 4.61. The molecule has 0 saturated heterocycles. The molecule has 4 rings (SSSR count). The van der Waals surface area contributed by atoms with Gasteiger partial charge in [0, 0.05) is 17.0 Å². The van der Waals surface area contributed by atoms with Crippen molar-refractivity contribution in [1.29, 1.82) is 0 Å². The van der Waals surface area contributed by atoms with Crippen molar-refractivity contribution in [3.05, 3.63) is 40.4 Å². The smallest absolute Gasteiger partial charge is 0.246 e. The first-order chi connectivity index (χ1) is 11.3. The van der Waals surface area contributed by atoms with Crippen LogP contribution in [0, 0.1) is 5.82 Å². The SMILES string of the molecule is O=S(=O)(c1nc2n(n1)[C@H](c1cc(Cl)ccc1F)C[C@@H]2F)[C@@H]1C[C@H]1F. The minimum atomic E-state index is -4.04. The lowest BCUT2D eigenvalue weighted by atomic mass is 10.0. The predicted octanol–water partition coefficient (Wildman–Crippen LogP) is 2.96. The highest BCUT2D eigenvalue weighted by molar-refractivity contribution is 7.92. The van der Waals surface area contributed by atoms with Crippen molar-refractivity contribution >= 4 is 21.4 Å². The summed E-state index contributed by atoms with van der Waals surface area (Å²) in [6, 6.07) is 2.99. The summed E-state index contributed by atoms with van der Waals surface area (Å²) in [6.45, 7) is 0. The molecule has 0 bridgehead atoms. The van der Waals surface area contributed by atoms with Crippen LogP contribution in [0.1, 0.15) is 36.4 Å². The van der Waals surface area contributed by atoms with Crippen LogP contribution in [-0.2, 0) is 9.84 Å². The van der Waals surface area contributed by atoms with Crippen LogP contribution >= 0.6 is 11.6 Å². The van der Waals surface area contributed by atoms with Crippen LogP contribution in [0.4, 0.5) is 13.2 Å². The van der Waals surface area contributed by atoms with Crippen molar-refractivity contribution in [2.45, 2.75) is 41.6 Å². The molecule has 10 heteroatoms. The Morgan fingerprint density at radius 2 is 1.96 bits per heavy atom. The fourth-order valence-electron chi connectivity index (χ4n) is 2.91. The van der Waals surface area contributed by atoms with Crippen LogP contribution in [0.3, 0.4) is 0 Å². The van der Waals surface area contributed by atoms with E-state index in [0.717, 1.165) is 10.7 Å². The first kappa shape index (κ1) is 15.9. The Hall–Kier alpha value is -1.61. The lowest BCUT2D eigenvalue weighted by Gasteiger charge is -2.13. The van der Waals surface area contributed by atoms with E-state index in [-0.39, 0.29) is 29.3 Å². The molecule has 0 amide bonds. The average Bonchev–Trinajstić information content (AvgIpc) is 2.98. The van der Waals surface area contributed by atoms with Gasteiger partial charge in [0.2, 0.25) is 9.84 Å². The molecule has 128 valence electrons. The second kappa shape index (κ2) is 5.19. The number of halogens is 4. The Morgan fingerprint density at radius 1 is 1.25 bits per heavy atom. The van der Waals surface area contributed by atoms with E-state index in [0.29, 0.717) is 0 Å². The van der Waals surface area contributed by atoms with E-state index in [1.165, 1.54) is 12.1 Å². The van der Waals surface area contributed by atoms with Crippen LogP contribution in [0.2, 0.25) is 5.02 Å². The molecule has 0 spiro atoms. The molecular formula is C14H11ClF3N3O2S.